The van der Waals surface area contributed by atoms with E-state index in [4.69, 9.17) is 4.74 Å². The van der Waals surface area contributed by atoms with Gasteiger partial charge in [0, 0.05) is 45.5 Å². The summed E-state index contributed by atoms with van der Waals surface area (Å²) in [6, 6.07) is 0. The fraction of sp³-hybridized carbons (Fsp3) is 0.867. The van der Waals surface area contributed by atoms with Crippen molar-refractivity contribution in [3.8, 4) is 0 Å². The molecule has 0 fully saturated rings. The molecule has 5 heteroatoms. The third-order valence-corrected chi connectivity index (χ3v) is 3.14. The summed E-state index contributed by atoms with van der Waals surface area (Å²) < 4.78 is 7.27. The minimum Gasteiger partial charge on any atom is -0.382 e. The van der Waals surface area contributed by atoms with E-state index in [1.165, 1.54) is 0 Å². The van der Waals surface area contributed by atoms with E-state index in [0.29, 0.717) is 5.92 Å². The van der Waals surface area contributed by atoms with Crippen molar-refractivity contribution in [3.63, 3.8) is 0 Å². The minimum atomic E-state index is 0.709. The van der Waals surface area contributed by atoms with Gasteiger partial charge in [-0.25, -0.2) is 0 Å². The van der Waals surface area contributed by atoms with Gasteiger partial charge in [0.05, 0.1) is 5.69 Å². The normalized spacial score (nSPS) is 11.7. The Hall–Kier alpha value is -0.940. The first-order chi connectivity index (χ1) is 9.61. The van der Waals surface area contributed by atoms with Gasteiger partial charge >= 0.3 is 0 Å². The number of ether oxygens (including phenoxy) is 1. The van der Waals surface area contributed by atoms with Crippen molar-refractivity contribution < 1.29 is 4.74 Å². The van der Waals surface area contributed by atoms with E-state index in [2.05, 4.69) is 42.3 Å². The van der Waals surface area contributed by atoms with Crippen LogP contribution in [0.1, 0.15) is 39.3 Å². The lowest BCUT2D eigenvalue weighted by Crippen LogP contribution is -2.25. The van der Waals surface area contributed by atoms with Crippen LogP contribution in [-0.2, 0) is 17.7 Å². The molecule has 116 valence electrons. The maximum atomic E-state index is 5.32. The summed E-state index contributed by atoms with van der Waals surface area (Å²) in [7, 11) is 2.16. The molecule has 0 aliphatic carbocycles. The van der Waals surface area contributed by atoms with Crippen molar-refractivity contribution in [1.82, 2.24) is 19.9 Å². The average molecular weight is 282 g/mol. The predicted octanol–water partition coefficient (Wildman–Crippen LogP) is 2.23. The van der Waals surface area contributed by atoms with Crippen molar-refractivity contribution >= 4 is 0 Å². The van der Waals surface area contributed by atoms with E-state index in [0.717, 1.165) is 57.8 Å². The molecule has 1 heterocycles. The highest BCUT2D eigenvalue weighted by molar-refractivity contribution is 4.93. The van der Waals surface area contributed by atoms with Crippen molar-refractivity contribution in [2.45, 2.75) is 46.6 Å². The molecule has 0 bridgehead atoms. The third-order valence-electron chi connectivity index (χ3n) is 3.14. The number of hydrogen-bond acceptors (Lipinski definition) is 4. The van der Waals surface area contributed by atoms with Crippen molar-refractivity contribution in [2.24, 2.45) is 5.92 Å². The van der Waals surface area contributed by atoms with Gasteiger partial charge in [0.15, 0.2) is 0 Å². The van der Waals surface area contributed by atoms with Crippen molar-refractivity contribution in [1.29, 1.82) is 0 Å². The van der Waals surface area contributed by atoms with Gasteiger partial charge in [0.25, 0.3) is 0 Å². The van der Waals surface area contributed by atoms with Crippen LogP contribution in [0.25, 0.3) is 0 Å². The lowest BCUT2D eigenvalue weighted by Gasteiger charge is -2.17. The Morgan fingerprint density at radius 3 is 2.85 bits per heavy atom. The average Bonchev–Trinajstić information content (AvgIpc) is 2.83. The van der Waals surface area contributed by atoms with Gasteiger partial charge < -0.3 is 9.64 Å². The molecule has 0 aliphatic rings. The molecule has 1 aromatic rings. The highest BCUT2D eigenvalue weighted by Gasteiger charge is 2.05. The molecular weight excluding hydrogens is 252 g/mol. The number of aromatic nitrogens is 3. The highest BCUT2D eigenvalue weighted by Crippen LogP contribution is 2.01. The molecule has 0 atom stereocenters. The summed E-state index contributed by atoms with van der Waals surface area (Å²) in [6.45, 7) is 11.3. The van der Waals surface area contributed by atoms with Crippen LogP contribution in [0.3, 0.4) is 0 Å². The van der Waals surface area contributed by atoms with Gasteiger partial charge in [0.1, 0.15) is 0 Å². The fourth-order valence-electron chi connectivity index (χ4n) is 2.20. The molecule has 0 aromatic carbocycles. The molecule has 0 spiro atoms. The molecule has 0 amide bonds. The topological polar surface area (TPSA) is 43.2 Å². The Labute approximate surface area is 123 Å². The lowest BCUT2D eigenvalue weighted by atomic mass is 10.2. The molecule has 1 aromatic heterocycles. The van der Waals surface area contributed by atoms with Crippen molar-refractivity contribution in [3.05, 3.63) is 11.9 Å². The molecule has 0 N–H and O–H groups in total. The van der Waals surface area contributed by atoms with E-state index < -0.39 is 0 Å². The Balaban J connectivity index is 2.18. The zero-order valence-electron chi connectivity index (χ0n) is 13.5. The van der Waals surface area contributed by atoms with E-state index in [1.54, 1.807) is 0 Å². The molecule has 1 rings (SSSR count). The monoisotopic (exact) mass is 282 g/mol. The van der Waals surface area contributed by atoms with Gasteiger partial charge in [-0.3, -0.25) is 4.68 Å². The zero-order valence-corrected chi connectivity index (χ0v) is 13.5. The van der Waals surface area contributed by atoms with Gasteiger partial charge in [-0.2, -0.15) is 0 Å². The number of hydrogen-bond donors (Lipinski definition) is 0. The van der Waals surface area contributed by atoms with Crippen LogP contribution in [0.4, 0.5) is 0 Å². The number of aryl methyl sites for hydroxylation is 1. The summed E-state index contributed by atoms with van der Waals surface area (Å²) >= 11 is 0. The standard InChI is InChI=1S/C15H30N4O/c1-5-20-11-7-6-9-19-13-15(16-17-19)8-10-18(4)12-14(2)3/h13-14H,5-12H2,1-4H3. The Morgan fingerprint density at radius 2 is 2.15 bits per heavy atom. The third kappa shape index (κ3) is 7.60. The molecular formula is C15H30N4O. The first kappa shape index (κ1) is 17.1. The second kappa shape index (κ2) is 9.88. The largest absolute Gasteiger partial charge is 0.382 e. The maximum absolute atomic E-state index is 5.32. The van der Waals surface area contributed by atoms with Crippen LogP contribution in [0.2, 0.25) is 0 Å². The number of rotatable bonds is 11. The maximum Gasteiger partial charge on any atom is 0.0839 e. The van der Waals surface area contributed by atoms with Gasteiger partial charge in [0.2, 0.25) is 0 Å². The van der Waals surface area contributed by atoms with E-state index in [9.17, 15) is 0 Å². The quantitative estimate of drug-likeness (QED) is 0.584. The first-order valence-electron chi connectivity index (χ1n) is 7.77. The number of unbranched alkanes of at least 4 members (excludes halogenated alkanes) is 1. The van der Waals surface area contributed by atoms with Gasteiger partial charge in [-0.1, -0.05) is 19.1 Å². The van der Waals surface area contributed by atoms with Crippen LogP contribution in [-0.4, -0.2) is 53.2 Å². The summed E-state index contributed by atoms with van der Waals surface area (Å²) in [5.74, 6) is 0.709. The summed E-state index contributed by atoms with van der Waals surface area (Å²) in [4.78, 5) is 2.35. The Morgan fingerprint density at radius 1 is 1.35 bits per heavy atom. The van der Waals surface area contributed by atoms with Crippen molar-refractivity contribution in [2.75, 3.05) is 33.4 Å². The molecule has 0 unspecified atom stereocenters. The minimum absolute atomic E-state index is 0.709. The Kier molecular flexibility index (Phi) is 8.46. The molecule has 0 aliphatic heterocycles. The smallest absolute Gasteiger partial charge is 0.0839 e. The second-order valence-electron chi connectivity index (χ2n) is 5.78. The van der Waals surface area contributed by atoms with E-state index >= 15 is 0 Å². The van der Waals surface area contributed by atoms with Crippen LogP contribution < -0.4 is 0 Å². The van der Waals surface area contributed by atoms with Crippen LogP contribution >= 0.6 is 0 Å². The second-order valence-corrected chi connectivity index (χ2v) is 5.78. The predicted molar refractivity (Wildman–Crippen MR) is 81.8 cm³/mol. The highest BCUT2D eigenvalue weighted by atomic mass is 16.5. The van der Waals surface area contributed by atoms with Crippen LogP contribution in [0.15, 0.2) is 6.20 Å². The summed E-state index contributed by atoms with van der Waals surface area (Å²) in [5, 5.41) is 8.42. The SMILES string of the molecule is CCOCCCCn1cc(CCN(C)CC(C)C)nn1. The van der Waals surface area contributed by atoms with Crippen LogP contribution in [0, 0.1) is 5.92 Å². The zero-order chi connectivity index (χ0) is 14.8. The van der Waals surface area contributed by atoms with Crippen LogP contribution in [0.5, 0.6) is 0 Å². The summed E-state index contributed by atoms with van der Waals surface area (Å²) in [6.07, 6.45) is 5.22. The number of likely N-dealkylation sites (N-methyl/N-ethyl adjacent to an activating group) is 1. The molecule has 0 saturated heterocycles. The molecule has 20 heavy (non-hydrogen) atoms. The fourth-order valence-corrected chi connectivity index (χ4v) is 2.20. The van der Waals surface area contributed by atoms with Gasteiger partial charge in [-0.15, -0.1) is 5.10 Å². The number of nitrogens with zero attached hydrogens (tertiary/aromatic N) is 4. The molecule has 0 radical (unpaired) electrons. The Bertz CT molecular complexity index is 351. The molecule has 5 nitrogen and oxygen atoms in total. The first-order valence-corrected chi connectivity index (χ1v) is 7.77. The molecule has 0 saturated carbocycles. The lowest BCUT2D eigenvalue weighted by molar-refractivity contribution is 0.142. The summed E-state index contributed by atoms with van der Waals surface area (Å²) in [5.41, 5.74) is 1.09. The van der Waals surface area contributed by atoms with E-state index in [-0.39, 0.29) is 0 Å². The van der Waals surface area contributed by atoms with Gasteiger partial charge in [-0.05, 0) is 32.7 Å². The van der Waals surface area contributed by atoms with E-state index in [1.807, 2.05) is 11.6 Å².